The van der Waals surface area contributed by atoms with Crippen LogP contribution in [-0.4, -0.2) is 110 Å². The van der Waals surface area contributed by atoms with Crippen LogP contribution in [0.3, 0.4) is 0 Å². The Labute approximate surface area is 392 Å². The van der Waals surface area contributed by atoms with Crippen LogP contribution < -0.4 is 5.32 Å². The molecular formula is C53H105NO10. The van der Waals surface area contributed by atoms with Crippen molar-refractivity contribution in [3.05, 3.63) is 0 Å². The summed E-state index contributed by atoms with van der Waals surface area (Å²) < 4.78 is 11.0. The van der Waals surface area contributed by atoms with Gasteiger partial charge < -0.3 is 50.5 Å². The third-order valence-electron chi connectivity index (χ3n) is 13.7. The summed E-state index contributed by atoms with van der Waals surface area (Å²) in [6.45, 7) is 3.38. The number of hydrogen-bond donors (Lipinski definition) is 8. The molecule has 0 radical (unpaired) electrons. The van der Waals surface area contributed by atoms with Gasteiger partial charge in [-0.25, -0.2) is 0 Å². The summed E-state index contributed by atoms with van der Waals surface area (Å²) in [4.78, 5) is 13.1. The Morgan fingerprint density at radius 3 is 1.16 bits per heavy atom. The Morgan fingerprint density at radius 2 is 0.812 bits per heavy atom. The fourth-order valence-electron chi connectivity index (χ4n) is 9.15. The molecule has 9 atom stereocenters. The largest absolute Gasteiger partial charge is 0.394 e. The summed E-state index contributed by atoms with van der Waals surface area (Å²) in [6.07, 6.45) is 36.7. The van der Waals surface area contributed by atoms with Gasteiger partial charge in [0.1, 0.15) is 36.6 Å². The smallest absolute Gasteiger partial charge is 0.249 e. The fourth-order valence-corrected chi connectivity index (χ4v) is 9.15. The van der Waals surface area contributed by atoms with Gasteiger partial charge in [-0.2, -0.15) is 0 Å². The van der Waals surface area contributed by atoms with Crippen molar-refractivity contribution >= 4 is 5.91 Å². The Kier molecular flexibility index (Phi) is 41.4. The van der Waals surface area contributed by atoms with E-state index in [1.54, 1.807) is 0 Å². The van der Waals surface area contributed by atoms with Gasteiger partial charge in [-0.15, -0.1) is 0 Å². The molecule has 1 saturated heterocycles. The number of hydrogen-bond acceptors (Lipinski definition) is 10. The van der Waals surface area contributed by atoms with Crippen molar-refractivity contribution < 1.29 is 50.0 Å². The Morgan fingerprint density at radius 1 is 0.484 bits per heavy atom. The van der Waals surface area contributed by atoms with Gasteiger partial charge in [-0.3, -0.25) is 4.79 Å². The van der Waals surface area contributed by atoms with E-state index in [0.717, 1.165) is 51.4 Å². The molecule has 0 bridgehead atoms. The van der Waals surface area contributed by atoms with Crippen LogP contribution in [0.2, 0.25) is 0 Å². The van der Waals surface area contributed by atoms with Gasteiger partial charge in [0.15, 0.2) is 6.29 Å². The van der Waals surface area contributed by atoms with Crippen molar-refractivity contribution in [2.24, 2.45) is 0 Å². The first-order chi connectivity index (χ1) is 31.2. The fraction of sp³-hybridized carbons (Fsp3) is 0.981. The summed E-state index contributed by atoms with van der Waals surface area (Å²) in [5.41, 5.74) is 0. The highest BCUT2D eigenvalue weighted by Gasteiger charge is 2.44. The summed E-state index contributed by atoms with van der Waals surface area (Å²) in [7, 11) is 0. The molecule has 8 N–H and O–H groups in total. The molecule has 9 unspecified atom stereocenters. The van der Waals surface area contributed by atoms with E-state index in [9.17, 15) is 40.5 Å². The monoisotopic (exact) mass is 916 g/mol. The average molecular weight is 916 g/mol. The number of aliphatic hydroxyl groups excluding tert-OH is 7. The van der Waals surface area contributed by atoms with E-state index in [4.69, 9.17) is 9.47 Å². The van der Waals surface area contributed by atoms with Crippen molar-refractivity contribution in [1.29, 1.82) is 0 Å². The molecular weight excluding hydrogens is 811 g/mol. The molecule has 1 aliphatic heterocycles. The van der Waals surface area contributed by atoms with E-state index in [2.05, 4.69) is 19.2 Å². The van der Waals surface area contributed by atoms with Crippen molar-refractivity contribution in [1.82, 2.24) is 5.32 Å². The maximum Gasteiger partial charge on any atom is 0.249 e. The maximum absolute atomic E-state index is 13.1. The number of carbonyl (C=O) groups excluding carboxylic acids is 1. The highest BCUT2D eigenvalue weighted by Crippen LogP contribution is 2.23. The number of rotatable bonds is 47. The molecule has 1 fully saturated rings. The van der Waals surface area contributed by atoms with Gasteiger partial charge in [-0.05, 0) is 12.8 Å². The molecule has 0 aromatic rings. The predicted octanol–water partition coefficient (Wildman–Crippen LogP) is 10.6. The number of carbonyl (C=O) groups is 1. The lowest BCUT2D eigenvalue weighted by atomic mass is 9.98. The van der Waals surface area contributed by atoms with Crippen molar-refractivity contribution in [3.8, 4) is 0 Å². The molecule has 11 heteroatoms. The average Bonchev–Trinajstić information content (AvgIpc) is 3.29. The van der Waals surface area contributed by atoms with Crippen LogP contribution in [-0.2, 0) is 14.3 Å². The topological polar surface area (TPSA) is 189 Å². The summed E-state index contributed by atoms with van der Waals surface area (Å²) in [5, 5.41) is 75.4. The number of ether oxygens (including phenoxy) is 2. The molecule has 0 aliphatic carbocycles. The van der Waals surface area contributed by atoms with Crippen LogP contribution in [0.1, 0.15) is 264 Å². The molecule has 1 heterocycles. The number of aliphatic hydroxyl groups is 7. The van der Waals surface area contributed by atoms with Crippen molar-refractivity contribution in [2.75, 3.05) is 13.2 Å². The Balaban J connectivity index is 2.10. The van der Waals surface area contributed by atoms with Crippen molar-refractivity contribution in [2.45, 2.75) is 319 Å². The zero-order valence-corrected chi connectivity index (χ0v) is 41.5. The van der Waals surface area contributed by atoms with Gasteiger partial charge in [0.25, 0.3) is 0 Å². The molecule has 0 spiro atoms. The highest BCUT2D eigenvalue weighted by atomic mass is 16.7. The SMILES string of the molecule is CCCCCCCCCCCCCCCCCCCCCCCCCCCCCCCCCC(O)C(=O)NC(COC1OC(CO)C(O)C(O)C1O)C(O)C(O)CCCCCCCC. The zero-order valence-electron chi connectivity index (χ0n) is 41.5. The van der Waals surface area contributed by atoms with Crippen LogP contribution >= 0.6 is 0 Å². The van der Waals surface area contributed by atoms with Crippen LogP contribution in [0.15, 0.2) is 0 Å². The Hall–Kier alpha value is -0.890. The molecule has 64 heavy (non-hydrogen) atoms. The number of amides is 1. The van der Waals surface area contributed by atoms with Gasteiger partial charge in [0, 0.05) is 0 Å². The van der Waals surface area contributed by atoms with E-state index < -0.39 is 74.2 Å². The van der Waals surface area contributed by atoms with E-state index in [1.807, 2.05) is 0 Å². The minimum Gasteiger partial charge on any atom is -0.394 e. The van der Waals surface area contributed by atoms with E-state index in [-0.39, 0.29) is 6.42 Å². The second kappa shape index (κ2) is 43.4. The lowest BCUT2D eigenvalue weighted by molar-refractivity contribution is -0.303. The minimum absolute atomic E-state index is 0.266. The summed E-state index contributed by atoms with van der Waals surface area (Å²) in [6, 6.07) is -1.16. The zero-order chi connectivity index (χ0) is 46.9. The lowest BCUT2D eigenvalue weighted by Crippen LogP contribution is -2.60. The first-order valence-corrected chi connectivity index (χ1v) is 27.4. The van der Waals surface area contributed by atoms with Gasteiger partial charge in [0.2, 0.25) is 5.91 Å². The standard InChI is InChI=1S/C53H105NO10/c1-3-5-7-9-11-12-13-14-15-16-17-18-19-20-21-22-23-24-25-26-27-28-29-30-31-32-33-34-35-37-39-41-46(57)52(62)54-44(48(58)45(56)40-38-36-10-8-6-4-2)43-63-53-51(61)50(60)49(59)47(42-55)64-53/h44-51,53,55-61H,3-43H2,1-2H3,(H,54,62). The van der Waals surface area contributed by atoms with Crippen LogP contribution in [0, 0.1) is 0 Å². The number of nitrogens with one attached hydrogen (secondary N) is 1. The van der Waals surface area contributed by atoms with E-state index >= 15 is 0 Å². The first-order valence-electron chi connectivity index (χ1n) is 27.4. The third-order valence-corrected chi connectivity index (χ3v) is 13.7. The maximum atomic E-state index is 13.1. The second-order valence-electron chi connectivity index (χ2n) is 19.7. The van der Waals surface area contributed by atoms with Gasteiger partial charge >= 0.3 is 0 Å². The normalized spacial score (nSPS) is 20.9. The summed E-state index contributed by atoms with van der Waals surface area (Å²) >= 11 is 0. The molecule has 382 valence electrons. The van der Waals surface area contributed by atoms with E-state index in [0.29, 0.717) is 19.3 Å². The Bertz CT molecular complexity index is 1010. The second-order valence-corrected chi connectivity index (χ2v) is 19.7. The van der Waals surface area contributed by atoms with Gasteiger partial charge in [0.05, 0.1) is 25.4 Å². The van der Waals surface area contributed by atoms with Crippen LogP contribution in [0.5, 0.6) is 0 Å². The van der Waals surface area contributed by atoms with Crippen molar-refractivity contribution in [3.63, 3.8) is 0 Å². The molecule has 0 aromatic heterocycles. The van der Waals surface area contributed by atoms with Crippen LogP contribution in [0.4, 0.5) is 0 Å². The van der Waals surface area contributed by atoms with Gasteiger partial charge in [-0.1, -0.05) is 251 Å². The quantitative estimate of drug-likeness (QED) is 0.0273. The van der Waals surface area contributed by atoms with Crippen LogP contribution in [0.25, 0.3) is 0 Å². The molecule has 1 amide bonds. The first kappa shape index (κ1) is 61.1. The lowest BCUT2D eigenvalue weighted by Gasteiger charge is -2.40. The molecule has 1 aliphatic rings. The third kappa shape index (κ3) is 32.0. The molecule has 11 nitrogen and oxygen atoms in total. The number of unbranched alkanes of at least 4 members (excludes halogenated alkanes) is 35. The van der Waals surface area contributed by atoms with E-state index in [1.165, 1.54) is 173 Å². The predicted molar refractivity (Wildman–Crippen MR) is 261 cm³/mol. The molecule has 1 rings (SSSR count). The highest BCUT2D eigenvalue weighted by molar-refractivity contribution is 5.80. The summed E-state index contributed by atoms with van der Waals surface area (Å²) in [5.74, 6) is -0.696. The molecule has 0 saturated carbocycles. The molecule has 0 aromatic carbocycles. The minimum atomic E-state index is -1.65.